The lowest BCUT2D eigenvalue weighted by atomic mass is 9.94. The second-order valence-corrected chi connectivity index (χ2v) is 5.66. The summed E-state index contributed by atoms with van der Waals surface area (Å²) < 4.78 is 5.75. The molecule has 0 unspecified atom stereocenters. The topological polar surface area (TPSA) is 84.6 Å². The van der Waals surface area contributed by atoms with Gasteiger partial charge in [0.25, 0.3) is 5.91 Å². The fourth-order valence-corrected chi connectivity index (χ4v) is 2.54. The predicted octanol–water partition coefficient (Wildman–Crippen LogP) is 1.72. The van der Waals surface area contributed by atoms with Crippen LogP contribution < -0.4 is 11.1 Å². The first kappa shape index (κ1) is 15.8. The fraction of sp³-hybridized carbons (Fsp3) is 0.562. The first-order valence-corrected chi connectivity index (χ1v) is 7.51. The number of carbonyl (C=O) groups is 1. The molecule has 1 aliphatic rings. The highest BCUT2D eigenvalue weighted by atomic mass is 16.5. The highest BCUT2D eigenvalue weighted by molar-refractivity contribution is 5.94. The molecule has 5 heteroatoms. The number of aromatic hydroxyl groups is 1. The van der Waals surface area contributed by atoms with E-state index in [-0.39, 0.29) is 17.8 Å². The monoisotopic (exact) mass is 292 g/mol. The zero-order valence-electron chi connectivity index (χ0n) is 12.5. The van der Waals surface area contributed by atoms with E-state index in [4.69, 9.17) is 10.5 Å². The molecule has 0 saturated heterocycles. The van der Waals surface area contributed by atoms with Crippen LogP contribution >= 0.6 is 0 Å². The van der Waals surface area contributed by atoms with Crippen molar-refractivity contribution in [2.24, 2.45) is 5.73 Å². The van der Waals surface area contributed by atoms with Crippen molar-refractivity contribution in [3.05, 3.63) is 29.3 Å². The molecule has 4 N–H and O–H groups in total. The molecule has 0 aromatic heterocycles. The van der Waals surface area contributed by atoms with Gasteiger partial charge in [0.2, 0.25) is 0 Å². The molecule has 1 amide bonds. The van der Waals surface area contributed by atoms with Gasteiger partial charge in [0, 0.05) is 18.2 Å². The third-order valence-corrected chi connectivity index (χ3v) is 3.92. The van der Waals surface area contributed by atoms with Gasteiger partial charge in [-0.1, -0.05) is 0 Å². The van der Waals surface area contributed by atoms with Crippen molar-refractivity contribution in [2.45, 2.75) is 44.8 Å². The molecule has 2 rings (SSSR count). The molecule has 0 spiro atoms. The SMILES string of the molecule is Cc1cc(C(=O)NCCOC2CCC(N)CC2)ccc1O. The van der Waals surface area contributed by atoms with E-state index >= 15 is 0 Å². The maximum atomic E-state index is 11.9. The van der Waals surface area contributed by atoms with Gasteiger partial charge in [0.15, 0.2) is 0 Å². The molecule has 1 fully saturated rings. The summed E-state index contributed by atoms with van der Waals surface area (Å²) in [5, 5.41) is 12.3. The number of benzene rings is 1. The van der Waals surface area contributed by atoms with Crippen molar-refractivity contribution in [3.8, 4) is 5.75 Å². The van der Waals surface area contributed by atoms with Gasteiger partial charge in [-0.2, -0.15) is 0 Å². The van der Waals surface area contributed by atoms with Crippen molar-refractivity contribution in [1.29, 1.82) is 0 Å². The maximum absolute atomic E-state index is 11.9. The number of phenols is 1. The van der Waals surface area contributed by atoms with E-state index in [1.54, 1.807) is 19.1 Å². The van der Waals surface area contributed by atoms with Crippen LogP contribution in [0.1, 0.15) is 41.6 Å². The molecule has 1 aliphatic carbocycles. The summed E-state index contributed by atoms with van der Waals surface area (Å²) in [6.07, 6.45) is 4.32. The number of rotatable bonds is 5. The van der Waals surface area contributed by atoms with Gasteiger partial charge in [0.1, 0.15) is 5.75 Å². The molecular weight excluding hydrogens is 268 g/mol. The Morgan fingerprint density at radius 1 is 1.38 bits per heavy atom. The number of phenolic OH excluding ortho intramolecular Hbond substituents is 1. The van der Waals surface area contributed by atoms with E-state index in [0.29, 0.717) is 30.3 Å². The minimum atomic E-state index is -0.146. The molecule has 0 atom stereocenters. The van der Waals surface area contributed by atoms with Crippen LogP contribution in [0.5, 0.6) is 5.75 Å². The first-order valence-electron chi connectivity index (χ1n) is 7.51. The van der Waals surface area contributed by atoms with Crippen LogP contribution in [0.25, 0.3) is 0 Å². The molecule has 1 saturated carbocycles. The van der Waals surface area contributed by atoms with Gasteiger partial charge in [-0.05, 0) is 56.4 Å². The highest BCUT2D eigenvalue weighted by Crippen LogP contribution is 2.19. The van der Waals surface area contributed by atoms with Crippen LogP contribution in [0.2, 0.25) is 0 Å². The number of amides is 1. The van der Waals surface area contributed by atoms with Crippen LogP contribution in [0.4, 0.5) is 0 Å². The fourth-order valence-electron chi connectivity index (χ4n) is 2.54. The molecule has 1 aromatic carbocycles. The first-order chi connectivity index (χ1) is 10.1. The summed E-state index contributed by atoms with van der Waals surface area (Å²) in [6, 6.07) is 5.14. The minimum Gasteiger partial charge on any atom is -0.508 e. The number of aryl methyl sites for hydroxylation is 1. The van der Waals surface area contributed by atoms with Crippen LogP contribution in [-0.2, 0) is 4.74 Å². The molecule has 0 radical (unpaired) electrons. The van der Waals surface area contributed by atoms with Crippen molar-refractivity contribution in [2.75, 3.05) is 13.2 Å². The highest BCUT2D eigenvalue weighted by Gasteiger charge is 2.18. The van der Waals surface area contributed by atoms with Crippen molar-refractivity contribution < 1.29 is 14.6 Å². The van der Waals surface area contributed by atoms with Gasteiger partial charge in [-0.25, -0.2) is 0 Å². The summed E-state index contributed by atoms with van der Waals surface area (Å²) in [5.41, 5.74) is 7.09. The number of ether oxygens (including phenoxy) is 1. The second-order valence-electron chi connectivity index (χ2n) is 5.66. The lowest BCUT2D eigenvalue weighted by Crippen LogP contribution is -2.33. The standard InChI is InChI=1S/C16H24N2O3/c1-11-10-12(2-7-15(11)19)16(20)18-8-9-21-14-5-3-13(17)4-6-14/h2,7,10,13-14,19H,3-6,8-9,17H2,1H3,(H,18,20). The Morgan fingerprint density at radius 2 is 2.10 bits per heavy atom. The minimum absolute atomic E-state index is 0.146. The molecule has 0 heterocycles. The smallest absolute Gasteiger partial charge is 0.251 e. The number of carbonyl (C=O) groups excluding carboxylic acids is 1. The summed E-state index contributed by atoms with van der Waals surface area (Å²) in [6.45, 7) is 2.77. The van der Waals surface area contributed by atoms with E-state index in [1.807, 2.05) is 0 Å². The largest absolute Gasteiger partial charge is 0.508 e. The molecule has 116 valence electrons. The summed E-state index contributed by atoms with van der Waals surface area (Å²) in [4.78, 5) is 11.9. The lowest BCUT2D eigenvalue weighted by Gasteiger charge is -2.26. The van der Waals surface area contributed by atoms with Crippen LogP contribution in [0.15, 0.2) is 18.2 Å². The Bertz CT molecular complexity index is 482. The Kier molecular flexibility index (Phi) is 5.59. The van der Waals surface area contributed by atoms with E-state index in [2.05, 4.69) is 5.32 Å². The Balaban J connectivity index is 1.68. The van der Waals surface area contributed by atoms with Gasteiger partial charge >= 0.3 is 0 Å². The van der Waals surface area contributed by atoms with Gasteiger partial charge in [0.05, 0.1) is 12.7 Å². The predicted molar refractivity (Wildman–Crippen MR) is 81.4 cm³/mol. The third-order valence-electron chi connectivity index (χ3n) is 3.92. The van der Waals surface area contributed by atoms with Crippen LogP contribution in [0, 0.1) is 6.92 Å². The Hall–Kier alpha value is -1.59. The number of nitrogens with two attached hydrogens (primary N) is 1. The summed E-state index contributed by atoms with van der Waals surface area (Å²) in [7, 11) is 0. The van der Waals surface area contributed by atoms with Gasteiger partial charge in [-0.15, -0.1) is 0 Å². The normalized spacial score (nSPS) is 22.0. The van der Waals surface area contributed by atoms with Crippen molar-refractivity contribution >= 4 is 5.91 Å². The summed E-state index contributed by atoms with van der Waals surface area (Å²) >= 11 is 0. The van der Waals surface area contributed by atoms with Gasteiger partial charge in [-0.3, -0.25) is 4.79 Å². The molecule has 21 heavy (non-hydrogen) atoms. The van der Waals surface area contributed by atoms with E-state index < -0.39 is 0 Å². The molecule has 5 nitrogen and oxygen atoms in total. The van der Waals surface area contributed by atoms with Gasteiger partial charge < -0.3 is 20.9 Å². The Morgan fingerprint density at radius 3 is 2.76 bits per heavy atom. The Labute approximate surface area is 125 Å². The maximum Gasteiger partial charge on any atom is 0.251 e. The van der Waals surface area contributed by atoms with Crippen LogP contribution in [0.3, 0.4) is 0 Å². The van der Waals surface area contributed by atoms with Crippen molar-refractivity contribution in [1.82, 2.24) is 5.32 Å². The van der Waals surface area contributed by atoms with E-state index in [9.17, 15) is 9.90 Å². The molecule has 1 aromatic rings. The number of hydrogen-bond acceptors (Lipinski definition) is 4. The molecular formula is C16H24N2O3. The second kappa shape index (κ2) is 7.43. The van der Waals surface area contributed by atoms with Crippen LogP contribution in [-0.4, -0.2) is 36.3 Å². The van der Waals surface area contributed by atoms with E-state index in [1.165, 1.54) is 6.07 Å². The molecule has 0 aliphatic heterocycles. The quantitative estimate of drug-likeness (QED) is 0.721. The van der Waals surface area contributed by atoms with Crippen molar-refractivity contribution in [3.63, 3.8) is 0 Å². The third kappa shape index (κ3) is 4.72. The number of nitrogens with one attached hydrogen (secondary N) is 1. The summed E-state index contributed by atoms with van der Waals surface area (Å²) in [5.74, 6) is 0.0535. The van der Waals surface area contributed by atoms with E-state index in [0.717, 1.165) is 25.7 Å². The zero-order valence-corrected chi connectivity index (χ0v) is 12.5. The lowest BCUT2D eigenvalue weighted by molar-refractivity contribution is 0.0267. The molecule has 0 bridgehead atoms. The number of hydrogen-bond donors (Lipinski definition) is 3. The zero-order chi connectivity index (χ0) is 15.2. The average Bonchev–Trinajstić information content (AvgIpc) is 2.48. The average molecular weight is 292 g/mol.